The molecule has 0 aliphatic rings. The van der Waals surface area contributed by atoms with Crippen molar-refractivity contribution in [1.82, 2.24) is 29.5 Å². The second-order valence-corrected chi connectivity index (χ2v) is 11.0. The Hall–Kier alpha value is -4.93. The van der Waals surface area contributed by atoms with Gasteiger partial charge in [0.05, 0.1) is 17.1 Å². The summed E-state index contributed by atoms with van der Waals surface area (Å²) in [5.41, 5.74) is 7.82. The molecular weight excluding hydrogens is 736 g/mol. The summed E-state index contributed by atoms with van der Waals surface area (Å²) < 4.78 is 3.48. The van der Waals surface area contributed by atoms with Gasteiger partial charge >= 0.3 is 21.1 Å². The van der Waals surface area contributed by atoms with Crippen molar-refractivity contribution in [2.24, 2.45) is 0 Å². The van der Waals surface area contributed by atoms with Gasteiger partial charge in [-0.2, -0.15) is 0 Å². The molecule has 6 nitrogen and oxygen atoms in total. The van der Waals surface area contributed by atoms with Crippen LogP contribution in [-0.4, -0.2) is 29.5 Å². The molecule has 7 heteroatoms. The Morgan fingerprint density at radius 3 is 1.31 bits per heavy atom. The van der Waals surface area contributed by atoms with Crippen LogP contribution in [0.2, 0.25) is 0 Å². The van der Waals surface area contributed by atoms with E-state index >= 15 is 0 Å². The summed E-state index contributed by atoms with van der Waals surface area (Å²) in [6, 6.07) is 43.1. The summed E-state index contributed by atoms with van der Waals surface area (Å²) in [6.45, 7) is 6.10. The van der Waals surface area contributed by atoms with Crippen LogP contribution >= 0.6 is 0 Å². The van der Waals surface area contributed by atoms with Crippen molar-refractivity contribution >= 4 is 0 Å². The normalized spacial score (nSPS) is 11.3. The van der Waals surface area contributed by atoms with Gasteiger partial charge in [0.15, 0.2) is 0 Å². The fourth-order valence-electron chi connectivity index (χ4n) is 5.62. The molecule has 7 rings (SSSR count). The Morgan fingerprint density at radius 1 is 0.533 bits per heavy atom. The van der Waals surface area contributed by atoms with Gasteiger partial charge in [0.1, 0.15) is 0 Å². The van der Waals surface area contributed by atoms with Crippen LogP contribution in [0.3, 0.4) is 0 Å². The van der Waals surface area contributed by atoms with Crippen LogP contribution in [0.1, 0.15) is 35.3 Å². The van der Waals surface area contributed by atoms with Gasteiger partial charge in [0, 0.05) is 11.4 Å². The molecule has 0 saturated heterocycles. The van der Waals surface area contributed by atoms with Crippen LogP contribution in [-0.2, 0) is 26.5 Å². The molecule has 0 atom stereocenters. The minimum absolute atomic E-state index is 0. The molecule has 0 fully saturated rings. The van der Waals surface area contributed by atoms with Gasteiger partial charge in [-0.1, -0.05) is 129 Å². The first kappa shape index (κ1) is 30.1. The number of nitrogens with zero attached hydrogens (tertiary/aromatic N) is 6. The van der Waals surface area contributed by atoms with Crippen LogP contribution in [0.15, 0.2) is 127 Å². The van der Waals surface area contributed by atoms with E-state index in [4.69, 9.17) is 20.2 Å². The SMILES string of the molecule is Cc1c[c-]n(-c2nc(C(C)(c3ccccc3)c3ccc(-c4ccccc4)c(-n4[c-]cc(C)n4)n3)ccc2-c2ccccc2)n1.[Pt+2]. The van der Waals surface area contributed by atoms with Crippen LogP contribution in [0.25, 0.3) is 33.9 Å². The van der Waals surface area contributed by atoms with Crippen molar-refractivity contribution in [3.63, 3.8) is 0 Å². The number of aryl methyl sites for hydroxylation is 2. The van der Waals surface area contributed by atoms with Crippen LogP contribution in [0, 0.1) is 26.2 Å². The first-order valence-electron chi connectivity index (χ1n) is 14.6. The van der Waals surface area contributed by atoms with E-state index in [1.54, 1.807) is 9.36 Å². The van der Waals surface area contributed by atoms with Crippen molar-refractivity contribution in [3.8, 4) is 33.9 Å². The molecule has 3 aromatic carbocycles. The number of rotatable bonds is 7. The second-order valence-electron chi connectivity index (χ2n) is 11.0. The maximum atomic E-state index is 5.34. The number of pyridine rings is 2. The number of hydrogen-bond donors (Lipinski definition) is 0. The number of hydrogen-bond acceptors (Lipinski definition) is 4. The van der Waals surface area contributed by atoms with E-state index in [9.17, 15) is 0 Å². The Labute approximate surface area is 277 Å². The third-order valence-electron chi connectivity index (χ3n) is 8.00. The third kappa shape index (κ3) is 5.70. The molecule has 4 aromatic heterocycles. The van der Waals surface area contributed by atoms with E-state index in [0.29, 0.717) is 11.6 Å². The molecule has 0 unspecified atom stereocenters. The largest absolute Gasteiger partial charge is 2.00 e. The Bertz CT molecular complexity index is 1920. The van der Waals surface area contributed by atoms with Crippen molar-refractivity contribution in [1.29, 1.82) is 0 Å². The molecule has 0 radical (unpaired) electrons. The number of benzene rings is 3. The standard InChI is InChI=1S/C38H30N6.Pt/c1-27-23-25-43(41-27)36-32(29-13-7-4-8-14-29)19-21-34(39-36)38(3,31-17-11-6-12-18-31)35-22-20-33(30-15-9-5-10-16-30)37(40-35)44-26-24-28(2)42-44;/h4-24H,1-3H3;/q-2;+2. The summed E-state index contributed by atoms with van der Waals surface area (Å²) in [4.78, 5) is 10.7. The quantitative estimate of drug-likeness (QED) is 0.156. The molecule has 7 aromatic rings. The smallest absolute Gasteiger partial charge is 0.343 e. The fraction of sp³-hybridized carbons (Fsp3) is 0.105. The Balaban J connectivity index is 0.00000357. The van der Waals surface area contributed by atoms with Gasteiger partial charge < -0.3 is 9.36 Å². The first-order chi connectivity index (χ1) is 21.5. The van der Waals surface area contributed by atoms with Crippen LogP contribution < -0.4 is 0 Å². The summed E-state index contributed by atoms with van der Waals surface area (Å²) in [5, 5.41) is 9.41. The monoisotopic (exact) mass is 765 g/mol. The zero-order valence-electron chi connectivity index (χ0n) is 25.1. The van der Waals surface area contributed by atoms with Gasteiger partial charge in [-0.3, -0.25) is 20.2 Å². The van der Waals surface area contributed by atoms with E-state index in [0.717, 1.165) is 50.6 Å². The van der Waals surface area contributed by atoms with Crippen molar-refractivity contribution in [2.75, 3.05) is 0 Å². The van der Waals surface area contributed by atoms with Crippen molar-refractivity contribution < 1.29 is 21.1 Å². The maximum Gasteiger partial charge on any atom is 2.00 e. The molecule has 0 saturated carbocycles. The number of aromatic nitrogens is 6. The Kier molecular flexibility index (Phi) is 8.42. The van der Waals surface area contributed by atoms with Gasteiger partial charge in [0.25, 0.3) is 0 Å². The summed E-state index contributed by atoms with van der Waals surface area (Å²) >= 11 is 0. The maximum absolute atomic E-state index is 5.34. The topological polar surface area (TPSA) is 61.4 Å². The zero-order valence-corrected chi connectivity index (χ0v) is 27.4. The predicted octanol–water partition coefficient (Wildman–Crippen LogP) is 7.75. The van der Waals surface area contributed by atoms with E-state index in [1.807, 2.05) is 68.4 Å². The molecule has 222 valence electrons. The fourth-order valence-corrected chi connectivity index (χ4v) is 5.62. The van der Waals surface area contributed by atoms with Gasteiger partial charge in [-0.05, 0) is 58.3 Å². The van der Waals surface area contributed by atoms with Gasteiger partial charge in [-0.25, -0.2) is 0 Å². The molecule has 4 heterocycles. The molecule has 0 aliphatic heterocycles. The third-order valence-corrected chi connectivity index (χ3v) is 8.00. The second kappa shape index (κ2) is 12.6. The van der Waals surface area contributed by atoms with E-state index in [2.05, 4.69) is 92.1 Å². The van der Waals surface area contributed by atoms with E-state index < -0.39 is 5.41 Å². The van der Waals surface area contributed by atoms with Crippen LogP contribution in [0.5, 0.6) is 0 Å². The van der Waals surface area contributed by atoms with Crippen molar-refractivity contribution in [2.45, 2.75) is 26.2 Å². The summed E-state index contributed by atoms with van der Waals surface area (Å²) in [7, 11) is 0. The molecule has 0 aliphatic carbocycles. The predicted molar refractivity (Wildman–Crippen MR) is 173 cm³/mol. The molecule has 45 heavy (non-hydrogen) atoms. The first-order valence-corrected chi connectivity index (χ1v) is 14.6. The molecular formula is C38H30N6Pt. The summed E-state index contributed by atoms with van der Waals surface area (Å²) in [6.07, 6.45) is 6.52. The van der Waals surface area contributed by atoms with Gasteiger partial charge in [0.2, 0.25) is 0 Å². The van der Waals surface area contributed by atoms with Crippen LogP contribution in [0.4, 0.5) is 0 Å². The van der Waals surface area contributed by atoms with E-state index in [1.165, 1.54) is 0 Å². The Morgan fingerprint density at radius 2 is 0.933 bits per heavy atom. The molecule has 0 amide bonds. The summed E-state index contributed by atoms with van der Waals surface area (Å²) in [5.74, 6) is 1.42. The average Bonchev–Trinajstić information content (AvgIpc) is 3.73. The molecule has 0 N–H and O–H groups in total. The van der Waals surface area contributed by atoms with Crippen molar-refractivity contribution in [3.05, 3.63) is 168 Å². The minimum Gasteiger partial charge on any atom is -0.343 e. The average molecular weight is 766 g/mol. The molecule has 0 bridgehead atoms. The molecule has 0 spiro atoms. The van der Waals surface area contributed by atoms with Gasteiger partial charge in [-0.15, -0.1) is 12.1 Å². The minimum atomic E-state index is -0.723. The van der Waals surface area contributed by atoms with E-state index in [-0.39, 0.29) is 21.1 Å². The zero-order chi connectivity index (χ0) is 30.1.